The van der Waals surface area contributed by atoms with E-state index in [1.807, 2.05) is 73.3 Å². The molecule has 0 unspecified atom stereocenters. The van der Waals surface area contributed by atoms with Crippen LogP contribution < -0.4 is 9.13 Å². The Morgan fingerprint density at radius 3 is 0.877 bits per heavy atom. The Balaban J connectivity index is 0.000000105. The van der Waals surface area contributed by atoms with Crippen LogP contribution in [0.2, 0.25) is 0 Å². The molecule has 29 aromatic rings. The Bertz CT molecular complexity index is 8600. The summed E-state index contributed by atoms with van der Waals surface area (Å²) < 4.78 is 4.60. The van der Waals surface area contributed by atoms with Crippen molar-refractivity contribution in [2.24, 2.45) is 14.1 Å². The van der Waals surface area contributed by atoms with Gasteiger partial charge in [-0.1, -0.05) is 267 Å². The molecule has 0 spiro atoms. The molecule has 0 fully saturated rings. The number of benzene rings is 14. The standard InChI is InChI=1S/C43H25N3.C39H25N3.C38H26N4/c1-2-38-40-24-32(20-22-44-40)26-4-8-28(9-5-26)34-16-14-30-12-13-31-15-17-35(37-19-18-36(34)42(30)43(31)37)29-10-6-27(7-11-29)33-21-23-45-41(25-33)39(3-1)46-38;1-2-36-38-24-34(20-22-40-38)32-16-12-30(13-17-32)28-8-4-26(5-9-28)27-6-10-29(11-7-27)31-14-18-33(19-15-31)35-21-23-41-39(25-35)37(3-1)42-36;1-41-22-31-21-30-14-13-29-17-20-34(42(2)38(29)37(30)41)26-9-7-25(8-10-26)33-19-16-28-12-11-27-15-18-32(39-35(27)36(28)40-33)24-5-3-23(31)4-6-24/h1-25H;1-25H;3-22H,1-2H3/q;;+2. The van der Waals surface area contributed by atoms with E-state index in [9.17, 15) is 0 Å². The molecule has 26 heterocycles. The van der Waals surface area contributed by atoms with Gasteiger partial charge < -0.3 is 0 Å². The molecule has 11 aliphatic heterocycles. The van der Waals surface area contributed by atoms with Gasteiger partial charge in [0.05, 0.1) is 78.4 Å². The Morgan fingerprint density at radius 1 is 0.192 bits per heavy atom. The topological polar surface area (TPSA) is 111 Å². The summed E-state index contributed by atoms with van der Waals surface area (Å²) in [5, 5.41) is 18.1. The molecule has 0 aliphatic carbocycles. The lowest BCUT2D eigenvalue weighted by Gasteiger charge is -2.17. The SMILES string of the molecule is C[n+]1cc2cc3ccc4ccc(c5ccc(cc5)c5ccc6ccc7ccc(nc7c6n5)c5ccc2cc5)[n+](C)c4c31.c1cc2nc(c1)-c1cc(ccn1)-c1ccc(cc1)-c1ccc(cc1)-c1ccc(cc1)-c1ccc(cc1)-c1ccnc-2c1.c1cc2nc(c1)-c1cc(ccn1)-c1ccc(cc1)-c1ccc3ccc4ccc(c5ccc1c3c45)-c1ccc(cc1)-c1ccnc-2c1. The first kappa shape index (κ1) is 75.2. The minimum absolute atomic E-state index is 0.819. The minimum atomic E-state index is 0.819. The van der Waals surface area contributed by atoms with E-state index < -0.39 is 0 Å². The van der Waals surface area contributed by atoms with Crippen LogP contribution in [0.3, 0.4) is 0 Å². The van der Waals surface area contributed by atoms with Gasteiger partial charge in [0.15, 0.2) is 6.20 Å². The second-order valence-electron chi connectivity index (χ2n) is 34.0. The third kappa shape index (κ3) is 13.4. The number of nitrogens with zero attached hydrogens (tertiary/aromatic N) is 10. The fraction of sp³-hybridized carbons (Fsp3) is 0.0167. The van der Waals surface area contributed by atoms with Crippen LogP contribution in [0, 0.1) is 0 Å². The molecule has 0 radical (unpaired) electrons. The molecule has 0 amide bonds. The molecule has 10 heteroatoms. The molecule has 604 valence electrons. The lowest BCUT2D eigenvalue weighted by atomic mass is 9.87. The molecule has 11 aliphatic rings. The van der Waals surface area contributed by atoms with E-state index in [0.29, 0.717) is 0 Å². The van der Waals surface area contributed by atoms with Crippen molar-refractivity contribution in [3.05, 3.63) is 425 Å². The number of pyridine rings is 10. The van der Waals surface area contributed by atoms with Crippen molar-refractivity contribution in [2.75, 3.05) is 0 Å². The lowest BCUT2D eigenvalue weighted by Crippen LogP contribution is -2.35. The molecular formula is C120H76N10+2. The normalized spacial score (nSPS) is 11.8. The van der Waals surface area contributed by atoms with Crippen molar-refractivity contribution in [1.29, 1.82) is 0 Å². The molecular weight excluding hydrogens is 1580 g/mol. The molecule has 130 heavy (non-hydrogen) atoms. The predicted octanol–water partition coefficient (Wildman–Crippen LogP) is 28.9. The van der Waals surface area contributed by atoms with Gasteiger partial charge in [-0.3, -0.25) is 19.9 Å². The molecule has 0 atom stereocenters. The average Bonchev–Trinajstić information content (AvgIpc) is 0.741. The van der Waals surface area contributed by atoms with Crippen LogP contribution >= 0.6 is 0 Å². The number of hydrogen-bond donors (Lipinski definition) is 0. The van der Waals surface area contributed by atoms with E-state index in [4.69, 9.17) is 29.9 Å². The number of aryl methyl sites for hydroxylation is 2. The zero-order valence-corrected chi connectivity index (χ0v) is 70.9. The van der Waals surface area contributed by atoms with Crippen molar-refractivity contribution in [1.82, 2.24) is 39.9 Å². The Hall–Kier alpha value is -17.3. The van der Waals surface area contributed by atoms with Gasteiger partial charge in [0.2, 0.25) is 5.52 Å². The smallest absolute Gasteiger partial charge is 0.255 e. The largest absolute Gasteiger partial charge is 0.285 e. The monoisotopic (exact) mass is 1660 g/mol. The van der Waals surface area contributed by atoms with Gasteiger partial charge in [0.1, 0.15) is 14.1 Å². The second kappa shape index (κ2) is 30.8. The average molecular weight is 1660 g/mol. The van der Waals surface area contributed by atoms with E-state index in [1.165, 1.54) is 131 Å². The molecule has 43 bridgehead atoms. The maximum atomic E-state index is 5.16. The van der Waals surface area contributed by atoms with Gasteiger partial charge in [-0.2, -0.15) is 9.13 Å². The maximum Gasteiger partial charge on any atom is 0.285 e. The van der Waals surface area contributed by atoms with E-state index >= 15 is 0 Å². The number of aromatic nitrogens is 10. The highest BCUT2D eigenvalue weighted by Crippen LogP contribution is 2.45. The van der Waals surface area contributed by atoms with Crippen LogP contribution in [0.15, 0.2) is 425 Å². The number of fused-ring (bicyclic) bond motifs is 2. The first-order valence-electron chi connectivity index (χ1n) is 44.0. The van der Waals surface area contributed by atoms with Crippen LogP contribution in [0.4, 0.5) is 0 Å². The maximum absolute atomic E-state index is 5.16. The van der Waals surface area contributed by atoms with Gasteiger partial charge in [-0.15, -0.1) is 0 Å². The molecule has 40 rings (SSSR count). The van der Waals surface area contributed by atoms with E-state index in [0.717, 1.165) is 134 Å². The fourth-order valence-electron chi connectivity index (χ4n) is 19.5. The Morgan fingerprint density at radius 2 is 0.492 bits per heavy atom. The highest BCUT2D eigenvalue weighted by atomic mass is 15.0. The van der Waals surface area contributed by atoms with E-state index in [2.05, 4.69) is 385 Å². The summed E-state index contributed by atoms with van der Waals surface area (Å²) >= 11 is 0. The van der Waals surface area contributed by atoms with Gasteiger partial charge >= 0.3 is 0 Å². The zero-order chi connectivity index (χ0) is 86.0. The molecule has 10 nitrogen and oxygen atoms in total. The summed E-state index contributed by atoms with van der Waals surface area (Å²) in [4.78, 5) is 39.0. The summed E-state index contributed by atoms with van der Waals surface area (Å²) in [5.41, 5.74) is 35.0. The predicted molar refractivity (Wildman–Crippen MR) is 534 cm³/mol. The third-order valence-corrected chi connectivity index (χ3v) is 26.4. The number of hydrogen-bond acceptors (Lipinski definition) is 8. The van der Waals surface area contributed by atoms with Crippen LogP contribution in [0.1, 0.15) is 0 Å². The van der Waals surface area contributed by atoms with Gasteiger partial charge in [0.25, 0.3) is 11.0 Å². The summed E-state index contributed by atoms with van der Waals surface area (Å²) in [6.07, 6.45) is 9.68. The fourth-order valence-corrected chi connectivity index (χ4v) is 19.5. The molecule has 0 saturated heterocycles. The Kier molecular flexibility index (Phi) is 17.8. The van der Waals surface area contributed by atoms with Crippen molar-refractivity contribution >= 4 is 119 Å². The quantitative estimate of drug-likeness (QED) is 0.109. The van der Waals surface area contributed by atoms with Crippen molar-refractivity contribution in [2.45, 2.75) is 0 Å². The van der Waals surface area contributed by atoms with Crippen molar-refractivity contribution < 1.29 is 9.13 Å². The molecule has 0 N–H and O–H groups in total. The zero-order valence-electron chi connectivity index (χ0n) is 70.9. The Labute approximate surface area is 748 Å². The first-order chi connectivity index (χ1) is 64.1. The van der Waals surface area contributed by atoms with Crippen LogP contribution in [0.25, 0.3) is 265 Å². The van der Waals surface area contributed by atoms with E-state index in [1.54, 1.807) is 0 Å². The van der Waals surface area contributed by atoms with Crippen molar-refractivity contribution in [3.8, 4) is 146 Å². The summed E-state index contributed by atoms with van der Waals surface area (Å²) in [7, 11) is 4.32. The number of rotatable bonds is 0. The van der Waals surface area contributed by atoms with Gasteiger partial charge in [0, 0.05) is 63.2 Å². The van der Waals surface area contributed by atoms with E-state index in [-0.39, 0.29) is 0 Å². The molecule has 15 aromatic heterocycles. The van der Waals surface area contributed by atoms with Crippen LogP contribution in [-0.4, -0.2) is 39.9 Å². The highest BCUT2D eigenvalue weighted by molar-refractivity contribution is 6.28. The van der Waals surface area contributed by atoms with Crippen molar-refractivity contribution in [3.63, 3.8) is 0 Å². The highest BCUT2D eigenvalue weighted by Gasteiger charge is 2.24. The molecule has 0 saturated carbocycles. The second-order valence-corrected chi connectivity index (χ2v) is 34.0. The first-order valence-corrected chi connectivity index (χ1v) is 44.0. The summed E-state index contributed by atoms with van der Waals surface area (Å²) in [6, 6.07) is 141. The lowest BCUT2D eigenvalue weighted by molar-refractivity contribution is -0.653. The van der Waals surface area contributed by atoms with Gasteiger partial charge in [-0.25, -0.2) is 19.9 Å². The summed E-state index contributed by atoms with van der Waals surface area (Å²) in [5.74, 6) is 0. The summed E-state index contributed by atoms with van der Waals surface area (Å²) in [6.45, 7) is 0. The van der Waals surface area contributed by atoms with Crippen LogP contribution in [0.5, 0.6) is 0 Å². The van der Waals surface area contributed by atoms with Crippen LogP contribution in [-0.2, 0) is 14.1 Å². The third-order valence-electron chi connectivity index (χ3n) is 26.4. The molecule has 14 aromatic carbocycles. The minimum Gasteiger partial charge on any atom is -0.255 e. The van der Waals surface area contributed by atoms with Gasteiger partial charge in [-0.05, 0) is 259 Å².